The SMILES string of the molecule is CCOc1cccc(/C=C/C(=O)Nc2ccc(S(=O)(=O)Nc3nccs3)cc2)c1. The summed E-state index contributed by atoms with van der Waals surface area (Å²) in [6.07, 6.45) is 4.59. The van der Waals surface area contributed by atoms with E-state index in [4.69, 9.17) is 4.74 Å². The number of hydrogen-bond donors (Lipinski definition) is 2. The molecule has 1 aromatic heterocycles. The highest BCUT2D eigenvalue weighted by Gasteiger charge is 2.15. The number of sulfonamides is 1. The van der Waals surface area contributed by atoms with Gasteiger partial charge in [0.15, 0.2) is 5.13 Å². The number of thiazole rings is 1. The Labute approximate surface area is 173 Å². The van der Waals surface area contributed by atoms with E-state index in [1.165, 1.54) is 47.9 Å². The minimum absolute atomic E-state index is 0.0778. The summed E-state index contributed by atoms with van der Waals surface area (Å²) in [5.74, 6) is 0.404. The monoisotopic (exact) mass is 429 g/mol. The summed E-state index contributed by atoms with van der Waals surface area (Å²) < 4.78 is 32.5. The summed E-state index contributed by atoms with van der Waals surface area (Å²) in [5.41, 5.74) is 1.32. The van der Waals surface area contributed by atoms with Crippen molar-refractivity contribution in [3.63, 3.8) is 0 Å². The van der Waals surface area contributed by atoms with Gasteiger partial charge in [-0.25, -0.2) is 13.4 Å². The molecule has 3 rings (SSSR count). The zero-order valence-corrected chi connectivity index (χ0v) is 17.2. The van der Waals surface area contributed by atoms with E-state index >= 15 is 0 Å². The van der Waals surface area contributed by atoms with Gasteiger partial charge in [-0.05, 0) is 55.0 Å². The van der Waals surface area contributed by atoms with Crippen LogP contribution in [0.1, 0.15) is 12.5 Å². The summed E-state index contributed by atoms with van der Waals surface area (Å²) in [6.45, 7) is 2.47. The fourth-order valence-electron chi connectivity index (χ4n) is 2.40. The van der Waals surface area contributed by atoms with Crippen LogP contribution >= 0.6 is 11.3 Å². The van der Waals surface area contributed by atoms with Crippen LogP contribution < -0.4 is 14.8 Å². The molecule has 150 valence electrons. The van der Waals surface area contributed by atoms with E-state index in [2.05, 4.69) is 15.0 Å². The average molecular weight is 430 g/mol. The van der Waals surface area contributed by atoms with Crippen LogP contribution in [0.3, 0.4) is 0 Å². The van der Waals surface area contributed by atoms with Gasteiger partial charge in [0.25, 0.3) is 10.0 Å². The van der Waals surface area contributed by atoms with Crippen LogP contribution in [-0.2, 0) is 14.8 Å². The molecule has 0 fully saturated rings. The van der Waals surface area contributed by atoms with Gasteiger partial charge in [-0.15, -0.1) is 11.3 Å². The Morgan fingerprint density at radius 1 is 1.21 bits per heavy atom. The molecule has 0 atom stereocenters. The van der Waals surface area contributed by atoms with E-state index in [-0.39, 0.29) is 10.8 Å². The molecular formula is C20H19N3O4S2. The molecule has 1 heterocycles. The molecule has 0 aliphatic carbocycles. The highest BCUT2D eigenvalue weighted by Crippen LogP contribution is 2.20. The second-order valence-corrected chi connectivity index (χ2v) is 8.37. The van der Waals surface area contributed by atoms with E-state index in [0.29, 0.717) is 17.4 Å². The number of anilines is 2. The first-order valence-electron chi connectivity index (χ1n) is 8.70. The van der Waals surface area contributed by atoms with E-state index < -0.39 is 10.0 Å². The summed E-state index contributed by atoms with van der Waals surface area (Å²) >= 11 is 1.19. The van der Waals surface area contributed by atoms with Crippen LogP contribution in [0.25, 0.3) is 6.08 Å². The number of carbonyl (C=O) groups is 1. The van der Waals surface area contributed by atoms with Gasteiger partial charge in [0.2, 0.25) is 5.91 Å². The van der Waals surface area contributed by atoms with Crippen molar-refractivity contribution in [2.75, 3.05) is 16.6 Å². The molecule has 2 aromatic carbocycles. The van der Waals surface area contributed by atoms with Crippen molar-refractivity contribution in [1.82, 2.24) is 4.98 Å². The van der Waals surface area contributed by atoms with Gasteiger partial charge in [0, 0.05) is 23.3 Å². The summed E-state index contributed by atoms with van der Waals surface area (Å²) in [4.78, 5) is 16.1. The Bertz CT molecular complexity index is 1090. The predicted molar refractivity (Wildman–Crippen MR) is 115 cm³/mol. The number of nitrogens with one attached hydrogen (secondary N) is 2. The standard InChI is InChI=1S/C20H19N3O4S2/c1-2-27-17-5-3-4-15(14-17)6-11-19(24)22-16-7-9-18(10-8-16)29(25,26)23-20-21-12-13-28-20/h3-14H,2H2,1H3,(H,21,23)(H,22,24)/b11-6+. The highest BCUT2D eigenvalue weighted by molar-refractivity contribution is 7.93. The number of rotatable bonds is 8. The van der Waals surface area contributed by atoms with Gasteiger partial charge in [-0.1, -0.05) is 12.1 Å². The lowest BCUT2D eigenvalue weighted by Crippen LogP contribution is -2.13. The van der Waals surface area contributed by atoms with E-state index in [9.17, 15) is 13.2 Å². The molecule has 2 N–H and O–H groups in total. The predicted octanol–water partition coefficient (Wildman–Crippen LogP) is 3.99. The Morgan fingerprint density at radius 2 is 2.00 bits per heavy atom. The number of amides is 1. The van der Waals surface area contributed by atoms with E-state index in [0.717, 1.165) is 11.3 Å². The first-order chi connectivity index (χ1) is 14.0. The van der Waals surface area contributed by atoms with Crippen molar-refractivity contribution >= 4 is 44.2 Å². The van der Waals surface area contributed by atoms with E-state index in [1.54, 1.807) is 11.5 Å². The van der Waals surface area contributed by atoms with Crippen LogP contribution in [-0.4, -0.2) is 25.9 Å². The van der Waals surface area contributed by atoms with Gasteiger partial charge in [-0.3, -0.25) is 9.52 Å². The van der Waals surface area contributed by atoms with Crippen molar-refractivity contribution in [1.29, 1.82) is 0 Å². The van der Waals surface area contributed by atoms with Crippen molar-refractivity contribution in [3.8, 4) is 5.75 Å². The Balaban J connectivity index is 1.62. The Hall–Kier alpha value is -3.17. The fraction of sp³-hybridized carbons (Fsp3) is 0.100. The number of hydrogen-bond acceptors (Lipinski definition) is 6. The summed E-state index contributed by atoms with van der Waals surface area (Å²) in [7, 11) is -3.72. The van der Waals surface area contributed by atoms with Crippen molar-refractivity contribution in [2.24, 2.45) is 0 Å². The molecule has 0 radical (unpaired) electrons. The molecule has 0 saturated heterocycles. The van der Waals surface area contributed by atoms with Crippen molar-refractivity contribution in [2.45, 2.75) is 11.8 Å². The van der Waals surface area contributed by atoms with Crippen LogP contribution in [0.5, 0.6) is 5.75 Å². The molecule has 0 saturated carbocycles. The molecular weight excluding hydrogens is 410 g/mol. The second-order valence-electron chi connectivity index (χ2n) is 5.80. The van der Waals surface area contributed by atoms with Gasteiger partial charge >= 0.3 is 0 Å². The maximum absolute atomic E-state index is 12.3. The first kappa shape index (κ1) is 20.6. The normalized spacial score (nSPS) is 11.3. The van der Waals surface area contributed by atoms with Gasteiger partial charge < -0.3 is 10.1 Å². The molecule has 0 aliphatic heterocycles. The van der Waals surface area contributed by atoms with Crippen LogP contribution in [0, 0.1) is 0 Å². The third kappa shape index (κ3) is 5.90. The molecule has 0 aliphatic rings. The Morgan fingerprint density at radius 3 is 2.69 bits per heavy atom. The molecule has 9 heteroatoms. The van der Waals surface area contributed by atoms with Crippen LogP contribution in [0.4, 0.5) is 10.8 Å². The van der Waals surface area contributed by atoms with Gasteiger partial charge in [0.05, 0.1) is 11.5 Å². The number of aromatic nitrogens is 1. The minimum Gasteiger partial charge on any atom is -0.494 e. The zero-order chi connectivity index (χ0) is 20.7. The van der Waals surface area contributed by atoms with Crippen LogP contribution in [0.15, 0.2) is 71.1 Å². The average Bonchev–Trinajstić information content (AvgIpc) is 3.20. The Kier molecular flexibility index (Phi) is 6.63. The first-order valence-corrected chi connectivity index (χ1v) is 11.1. The molecule has 0 unspecified atom stereocenters. The van der Waals surface area contributed by atoms with Crippen molar-refractivity contribution < 1.29 is 17.9 Å². The lowest BCUT2D eigenvalue weighted by Gasteiger charge is -2.07. The lowest BCUT2D eigenvalue weighted by atomic mass is 10.2. The van der Waals surface area contributed by atoms with E-state index in [1.807, 2.05) is 31.2 Å². The molecule has 0 bridgehead atoms. The number of benzene rings is 2. The summed E-state index contributed by atoms with van der Waals surface area (Å²) in [5, 5.41) is 4.66. The quantitative estimate of drug-likeness (QED) is 0.528. The van der Waals surface area contributed by atoms with Gasteiger partial charge in [0.1, 0.15) is 5.75 Å². The molecule has 1 amide bonds. The molecule has 0 spiro atoms. The smallest absolute Gasteiger partial charge is 0.263 e. The highest BCUT2D eigenvalue weighted by atomic mass is 32.2. The summed E-state index contributed by atoms with van der Waals surface area (Å²) in [6, 6.07) is 13.3. The number of carbonyl (C=O) groups excluding carboxylic acids is 1. The maximum Gasteiger partial charge on any atom is 0.263 e. The minimum atomic E-state index is -3.72. The van der Waals surface area contributed by atoms with Crippen molar-refractivity contribution in [3.05, 3.63) is 71.7 Å². The second kappa shape index (κ2) is 9.35. The largest absolute Gasteiger partial charge is 0.494 e. The van der Waals surface area contributed by atoms with Crippen LogP contribution in [0.2, 0.25) is 0 Å². The topological polar surface area (TPSA) is 97.4 Å². The lowest BCUT2D eigenvalue weighted by molar-refractivity contribution is -0.111. The number of nitrogens with zero attached hydrogens (tertiary/aromatic N) is 1. The maximum atomic E-state index is 12.3. The third-order valence-corrected chi connectivity index (χ3v) is 5.85. The molecule has 3 aromatic rings. The molecule has 29 heavy (non-hydrogen) atoms. The fourth-order valence-corrected chi connectivity index (χ4v) is 4.18. The number of ether oxygens (including phenoxy) is 1. The third-order valence-electron chi connectivity index (χ3n) is 3.68. The van der Waals surface area contributed by atoms with Gasteiger partial charge in [-0.2, -0.15) is 0 Å². The zero-order valence-electron chi connectivity index (χ0n) is 15.5. The molecule has 7 nitrogen and oxygen atoms in total.